The topological polar surface area (TPSA) is 88.5 Å². The third-order valence-corrected chi connectivity index (χ3v) is 6.55. The highest BCUT2D eigenvalue weighted by Crippen LogP contribution is 2.42. The second kappa shape index (κ2) is 11.8. The fourth-order valence-corrected chi connectivity index (χ4v) is 4.66. The first-order chi connectivity index (χ1) is 17.4. The van der Waals surface area contributed by atoms with Crippen molar-refractivity contribution in [3.05, 3.63) is 64.2 Å². The molecule has 0 aliphatic carbocycles. The number of nitrogens with zero attached hydrogens (tertiary/aromatic N) is 2. The van der Waals surface area contributed by atoms with Gasteiger partial charge in [-0.05, 0) is 55.8 Å². The van der Waals surface area contributed by atoms with Gasteiger partial charge in [-0.25, -0.2) is 0 Å². The molecule has 0 radical (unpaired) electrons. The molecule has 2 aromatic carbocycles. The van der Waals surface area contributed by atoms with Crippen LogP contribution in [0.5, 0.6) is 11.5 Å². The van der Waals surface area contributed by atoms with Crippen LogP contribution in [0, 0.1) is 0 Å². The number of morpholine rings is 1. The number of likely N-dealkylation sites (tertiary alicyclic amines) is 1. The van der Waals surface area contributed by atoms with Gasteiger partial charge in [-0.15, -0.1) is 0 Å². The summed E-state index contributed by atoms with van der Waals surface area (Å²) >= 11 is 6.01. The molecule has 36 heavy (non-hydrogen) atoms. The number of Topliss-reactive ketones (excluding diaryl/α,β-unsaturated/α-hetero) is 1. The summed E-state index contributed by atoms with van der Waals surface area (Å²) in [6.45, 7) is 8.35. The lowest BCUT2D eigenvalue weighted by molar-refractivity contribution is -0.140. The number of ether oxygens (including phenoxy) is 3. The van der Waals surface area contributed by atoms with Gasteiger partial charge in [0.1, 0.15) is 5.76 Å². The SMILES string of the molecule is CCOc1ccc(C2/C(=C(/O)c3ccc(Cl)cc3)C(=O)C(=O)N2CCN2CCOCC2)cc1OCC. The first-order valence-electron chi connectivity index (χ1n) is 12.2. The molecular formula is C27H31ClN2O6. The number of benzene rings is 2. The highest BCUT2D eigenvalue weighted by molar-refractivity contribution is 6.46. The van der Waals surface area contributed by atoms with Crippen molar-refractivity contribution in [1.29, 1.82) is 0 Å². The van der Waals surface area contributed by atoms with E-state index < -0.39 is 17.7 Å². The van der Waals surface area contributed by atoms with E-state index in [-0.39, 0.29) is 11.3 Å². The summed E-state index contributed by atoms with van der Waals surface area (Å²) in [5.74, 6) is -0.513. The van der Waals surface area contributed by atoms with Crippen molar-refractivity contribution < 1.29 is 28.9 Å². The summed E-state index contributed by atoms with van der Waals surface area (Å²) in [6.07, 6.45) is 0. The maximum absolute atomic E-state index is 13.3. The molecule has 2 aliphatic rings. The monoisotopic (exact) mass is 514 g/mol. The molecule has 192 valence electrons. The quantitative estimate of drug-likeness (QED) is 0.308. The van der Waals surface area contributed by atoms with Crippen LogP contribution in [0.1, 0.15) is 31.0 Å². The Balaban J connectivity index is 1.77. The van der Waals surface area contributed by atoms with Gasteiger partial charge in [0.2, 0.25) is 0 Å². The number of aliphatic hydroxyl groups excluding tert-OH is 1. The average molecular weight is 515 g/mol. The zero-order chi connectivity index (χ0) is 25.7. The lowest BCUT2D eigenvalue weighted by Crippen LogP contribution is -2.42. The fourth-order valence-electron chi connectivity index (χ4n) is 4.53. The van der Waals surface area contributed by atoms with Crippen molar-refractivity contribution in [1.82, 2.24) is 9.80 Å². The zero-order valence-corrected chi connectivity index (χ0v) is 21.3. The number of amides is 1. The van der Waals surface area contributed by atoms with Crippen molar-refractivity contribution in [3.8, 4) is 11.5 Å². The molecule has 2 aliphatic heterocycles. The Kier molecular flexibility index (Phi) is 8.51. The molecule has 2 saturated heterocycles. The van der Waals surface area contributed by atoms with Crippen LogP contribution in [0.15, 0.2) is 48.0 Å². The first kappa shape index (κ1) is 26.0. The molecule has 1 amide bonds. The Hall–Kier alpha value is -3.07. The third kappa shape index (κ3) is 5.51. The van der Waals surface area contributed by atoms with E-state index in [0.717, 1.165) is 13.1 Å². The first-order valence-corrected chi connectivity index (χ1v) is 12.6. The highest BCUT2D eigenvalue weighted by atomic mass is 35.5. The molecule has 1 N–H and O–H groups in total. The fraction of sp³-hybridized carbons (Fsp3) is 0.407. The third-order valence-electron chi connectivity index (χ3n) is 6.30. The summed E-state index contributed by atoms with van der Waals surface area (Å²) in [5, 5.41) is 11.7. The molecule has 1 unspecified atom stereocenters. The summed E-state index contributed by atoms with van der Waals surface area (Å²) < 4.78 is 16.9. The van der Waals surface area contributed by atoms with Gasteiger partial charge in [0, 0.05) is 36.8 Å². The molecule has 2 aromatic rings. The van der Waals surface area contributed by atoms with Crippen molar-refractivity contribution in [3.63, 3.8) is 0 Å². The molecule has 9 heteroatoms. The van der Waals surface area contributed by atoms with Crippen LogP contribution in [-0.2, 0) is 14.3 Å². The molecule has 8 nitrogen and oxygen atoms in total. The predicted molar refractivity (Wildman–Crippen MR) is 137 cm³/mol. The number of aliphatic hydroxyl groups is 1. The molecule has 1 atom stereocenters. The molecule has 2 fully saturated rings. The number of hydrogen-bond acceptors (Lipinski definition) is 7. The number of ketones is 1. The maximum Gasteiger partial charge on any atom is 0.295 e. The minimum absolute atomic E-state index is 0.0379. The summed E-state index contributed by atoms with van der Waals surface area (Å²) in [4.78, 5) is 30.3. The van der Waals surface area contributed by atoms with Crippen LogP contribution >= 0.6 is 11.6 Å². The van der Waals surface area contributed by atoms with Crippen LogP contribution in [-0.4, -0.2) is 79.2 Å². The van der Waals surface area contributed by atoms with E-state index in [1.807, 2.05) is 13.8 Å². The molecule has 0 spiro atoms. The van der Waals surface area contributed by atoms with Crippen LogP contribution in [0.25, 0.3) is 5.76 Å². The van der Waals surface area contributed by atoms with E-state index in [2.05, 4.69) is 4.90 Å². The van der Waals surface area contributed by atoms with E-state index in [1.165, 1.54) is 4.90 Å². The average Bonchev–Trinajstić information content (AvgIpc) is 3.14. The van der Waals surface area contributed by atoms with E-state index in [9.17, 15) is 14.7 Å². The van der Waals surface area contributed by atoms with Gasteiger partial charge in [-0.1, -0.05) is 17.7 Å². The molecule has 0 aromatic heterocycles. The minimum Gasteiger partial charge on any atom is -0.507 e. The Morgan fingerprint density at radius 1 is 1.00 bits per heavy atom. The summed E-state index contributed by atoms with van der Waals surface area (Å²) in [6, 6.07) is 11.1. The van der Waals surface area contributed by atoms with Crippen molar-refractivity contribution in [2.45, 2.75) is 19.9 Å². The van der Waals surface area contributed by atoms with Gasteiger partial charge in [-0.3, -0.25) is 14.5 Å². The van der Waals surface area contributed by atoms with Gasteiger partial charge in [-0.2, -0.15) is 0 Å². The van der Waals surface area contributed by atoms with Gasteiger partial charge < -0.3 is 24.2 Å². The standard InChI is InChI=1S/C27H31ClN2O6/c1-3-35-21-10-7-19(17-22(21)36-4-2)24-23(25(31)18-5-8-20(28)9-6-18)26(32)27(33)30(24)12-11-29-13-15-34-16-14-29/h5-10,17,24,31H,3-4,11-16H2,1-2H3/b25-23-. The number of rotatable bonds is 9. The normalized spacial score (nSPS) is 20.1. The van der Waals surface area contributed by atoms with Crippen molar-refractivity contribution >= 4 is 29.1 Å². The molecular weight excluding hydrogens is 484 g/mol. The van der Waals surface area contributed by atoms with Gasteiger partial charge in [0.15, 0.2) is 11.5 Å². The van der Waals surface area contributed by atoms with Gasteiger partial charge in [0.05, 0.1) is 38.0 Å². The molecule has 4 rings (SSSR count). The van der Waals surface area contributed by atoms with Gasteiger partial charge in [0.25, 0.3) is 11.7 Å². The van der Waals surface area contributed by atoms with E-state index in [1.54, 1.807) is 42.5 Å². The lowest BCUT2D eigenvalue weighted by atomic mass is 9.95. The van der Waals surface area contributed by atoms with Crippen molar-refractivity contribution in [2.24, 2.45) is 0 Å². The van der Waals surface area contributed by atoms with Crippen LogP contribution in [0.3, 0.4) is 0 Å². The second-order valence-electron chi connectivity index (χ2n) is 8.53. The smallest absolute Gasteiger partial charge is 0.295 e. The van der Waals surface area contributed by atoms with E-state index >= 15 is 0 Å². The summed E-state index contributed by atoms with van der Waals surface area (Å²) in [5.41, 5.74) is 1.10. The van der Waals surface area contributed by atoms with Crippen LogP contribution in [0.2, 0.25) is 5.02 Å². The van der Waals surface area contributed by atoms with E-state index in [4.69, 9.17) is 25.8 Å². The predicted octanol–water partition coefficient (Wildman–Crippen LogP) is 3.89. The summed E-state index contributed by atoms with van der Waals surface area (Å²) in [7, 11) is 0. The Labute approximate surface area is 216 Å². The van der Waals surface area contributed by atoms with E-state index in [0.29, 0.717) is 67.2 Å². The lowest BCUT2D eigenvalue weighted by Gasteiger charge is -2.31. The second-order valence-corrected chi connectivity index (χ2v) is 8.96. The number of hydrogen-bond donors (Lipinski definition) is 1. The Morgan fingerprint density at radius 3 is 2.33 bits per heavy atom. The Bertz CT molecular complexity index is 1130. The largest absolute Gasteiger partial charge is 0.507 e. The van der Waals surface area contributed by atoms with Crippen molar-refractivity contribution in [2.75, 3.05) is 52.6 Å². The van der Waals surface area contributed by atoms with Crippen LogP contribution in [0.4, 0.5) is 0 Å². The Morgan fingerprint density at radius 2 is 1.67 bits per heavy atom. The number of carbonyl (C=O) groups is 2. The number of carbonyl (C=O) groups excluding carboxylic acids is 2. The number of halogens is 1. The molecule has 2 heterocycles. The minimum atomic E-state index is -0.781. The highest BCUT2D eigenvalue weighted by Gasteiger charge is 2.46. The molecule has 0 saturated carbocycles. The molecule has 0 bridgehead atoms. The zero-order valence-electron chi connectivity index (χ0n) is 20.5. The van der Waals surface area contributed by atoms with Gasteiger partial charge >= 0.3 is 0 Å². The van der Waals surface area contributed by atoms with Crippen LogP contribution < -0.4 is 9.47 Å². The maximum atomic E-state index is 13.3.